The third kappa shape index (κ3) is 10.2. The first kappa shape index (κ1) is 49.0. The quantitative estimate of drug-likeness (QED) is 0.144. The van der Waals surface area contributed by atoms with Gasteiger partial charge >= 0.3 is 7.12 Å². The molecular weight excluding hydrogens is 983 g/mol. The van der Waals surface area contributed by atoms with Crippen molar-refractivity contribution in [3.8, 4) is 68.3 Å². The summed E-state index contributed by atoms with van der Waals surface area (Å²) in [6.45, 7) is 0. The second-order valence-corrected chi connectivity index (χ2v) is 18.6. The maximum absolute atomic E-state index is 9.42. The van der Waals surface area contributed by atoms with Crippen LogP contribution in [0.15, 0.2) is 267 Å². The van der Waals surface area contributed by atoms with Gasteiger partial charge in [0.25, 0.3) is 0 Å². The van der Waals surface area contributed by atoms with Crippen molar-refractivity contribution >= 4 is 67.8 Å². The monoisotopic (exact) mass is 1030 g/mol. The summed E-state index contributed by atoms with van der Waals surface area (Å²) in [5.74, 6) is 3.13. The zero-order valence-electron chi connectivity index (χ0n) is 41.8. The molecule has 0 unspecified atom stereocenters. The van der Waals surface area contributed by atoms with Crippen molar-refractivity contribution in [2.24, 2.45) is 0 Å². The van der Waals surface area contributed by atoms with Crippen LogP contribution in [0.2, 0.25) is 5.28 Å². The van der Waals surface area contributed by atoms with Gasteiger partial charge in [-0.25, -0.2) is 19.9 Å². The van der Waals surface area contributed by atoms with Crippen LogP contribution < -0.4 is 5.46 Å². The number of para-hydroxylation sites is 4. The summed E-state index contributed by atoms with van der Waals surface area (Å²) in [4.78, 5) is 27.5. The Morgan fingerprint density at radius 3 is 0.923 bits per heavy atom. The zero-order chi connectivity index (χ0) is 52.8. The van der Waals surface area contributed by atoms with E-state index in [1.54, 1.807) is 6.07 Å². The summed E-state index contributed by atoms with van der Waals surface area (Å²) in [6.07, 6.45) is 0. The molecule has 0 saturated carbocycles. The first-order chi connectivity index (χ1) is 38.4. The minimum Gasteiger partial charge on any atom is -0.423 e. The van der Waals surface area contributed by atoms with Crippen LogP contribution >= 0.6 is 11.6 Å². The lowest BCUT2D eigenvalue weighted by atomic mass is 9.80. The Labute approximate surface area is 455 Å². The number of hydrogen-bond acceptors (Lipinski definition) is 8. The molecule has 4 aromatic heterocycles. The number of fused-ring (bicyclic) bond motifs is 6. The van der Waals surface area contributed by atoms with Crippen molar-refractivity contribution in [3.05, 3.63) is 272 Å². The van der Waals surface area contributed by atoms with Crippen LogP contribution in [0.3, 0.4) is 0 Å². The van der Waals surface area contributed by atoms with Gasteiger partial charge < -0.3 is 19.2 Å². The van der Waals surface area contributed by atoms with Crippen molar-refractivity contribution in [3.63, 3.8) is 0 Å². The first-order valence-corrected chi connectivity index (χ1v) is 25.7. The highest BCUT2D eigenvalue weighted by Crippen LogP contribution is 2.35. The van der Waals surface area contributed by atoms with E-state index in [1.807, 2.05) is 164 Å². The number of halogens is 1. The molecule has 14 rings (SSSR count). The smallest absolute Gasteiger partial charge is 0.423 e. The predicted molar refractivity (Wildman–Crippen MR) is 317 cm³/mol. The summed E-state index contributed by atoms with van der Waals surface area (Å²) in [5.41, 5.74) is 11.7. The van der Waals surface area contributed by atoms with Crippen molar-refractivity contribution in [1.82, 2.24) is 39.0 Å². The van der Waals surface area contributed by atoms with Gasteiger partial charge in [-0.2, -0.15) is 9.97 Å². The van der Waals surface area contributed by atoms with E-state index in [2.05, 4.69) is 121 Å². The fraction of sp³-hybridized carbons (Fsp3) is 0. The zero-order valence-corrected chi connectivity index (χ0v) is 42.6. The number of rotatable bonds is 8. The standard InChI is InChI=1S/C33H22N4.C18H14BNO2.C15H10ClN3/c1-3-12-23(13-4-1)31-34-32(24-14-5-2-6-15-24)36-33(35-31)25-16-11-17-26(22-25)37-29-20-9-7-18-27(29)28-19-8-10-21-30(28)37;21-19(22)13-6-5-7-14(12-13)20-17-10-3-1-8-15(17)16-9-2-4-11-18(16)20;16-15-18-13(11-7-3-1-4-8-11)17-14(19-15)12-9-5-2-6-10-12/h1-22H;1-12,21-22H;1-10H. The van der Waals surface area contributed by atoms with Gasteiger partial charge in [0.15, 0.2) is 29.1 Å². The second kappa shape index (κ2) is 22.1. The van der Waals surface area contributed by atoms with Crippen LogP contribution in [-0.2, 0) is 0 Å². The summed E-state index contributed by atoms with van der Waals surface area (Å²) in [5, 5.41) is 23.9. The SMILES string of the molecule is Clc1nc(-c2ccccc2)nc(-c2ccccc2)n1.OB(O)c1cccc(-n2c3ccccc3c3ccccc32)c1.c1ccc(-c2nc(-c3ccccc3)nc(-c3cccc(-n4c5ccccc5c5ccccc54)c3)n2)cc1. The van der Waals surface area contributed by atoms with Crippen LogP contribution in [0, 0.1) is 0 Å². The van der Waals surface area contributed by atoms with E-state index in [1.165, 1.54) is 32.6 Å². The molecule has 0 atom stereocenters. The molecule has 0 radical (unpaired) electrons. The molecule has 0 aliphatic heterocycles. The minimum absolute atomic E-state index is 0.202. The molecule has 10 nitrogen and oxygen atoms in total. The van der Waals surface area contributed by atoms with E-state index in [0.29, 0.717) is 34.6 Å². The Balaban J connectivity index is 0.000000127. The van der Waals surface area contributed by atoms with E-state index in [-0.39, 0.29) is 5.28 Å². The number of nitrogens with zero attached hydrogens (tertiary/aromatic N) is 8. The molecule has 0 aliphatic rings. The van der Waals surface area contributed by atoms with Crippen LogP contribution in [0.5, 0.6) is 0 Å². The van der Waals surface area contributed by atoms with E-state index in [4.69, 9.17) is 26.6 Å². The van der Waals surface area contributed by atoms with Gasteiger partial charge in [0.05, 0.1) is 22.1 Å². The third-order valence-electron chi connectivity index (χ3n) is 13.3. The maximum atomic E-state index is 9.42. The lowest BCUT2D eigenvalue weighted by Crippen LogP contribution is -2.29. The third-order valence-corrected chi connectivity index (χ3v) is 13.5. The Bertz CT molecular complexity index is 4170. The van der Waals surface area contributed by atoms with Gasteiger partial charge in [-0.1, -0.05) is 218 Å². The Morgan fingerprint density at radius 1 is 0.282 bits per heavy atom. The second-order valence-electron chi connectivity index (χ2n) is 18.3. The summed E-state index contributed by atoms with van der Waals surface area (Å²) >= 11 is 5.99. The fourth-order valence-corrected chi connectivity index (χ4v) is 9.89. The van der Waals surface area contributed by atoms with Crippen LogP contribution in [-0.4, -0.2) is 56.2 Å². The lowest BCUT2D eigenvalue weighted by Gasteiger charge is -2.11. The van der Waals surface area contributed by atoms with E-state index in [9.17, 15) is 10.0 Å². The average molecular weight is 1030 g/mol. The molecule has 0 saturated heterocycles. The molecule has 0 amide bonds. The van der Waals surface area contributed by atoms with Crippen LogP contribution in [0.25, 0.3) is 112 Å². The topological polar surface area (TPSA) is 128 Å². The predicted octanol–water partition coefficient (Wildman–Crippen LogP) is 14.3. The Kier molecular flexibility index (Phi) is 13.9. The molecule has 0 fully saturated rings. The highest BCUT2D eigenvalue weighted by Gasteiger charge is 2.18. The molecule has 372 valence electrons. The molecule has 2 N–H and O–H groups in total. The molecule has 0 bridgehead atoms. The summed E-state index contributed by atoms with van der Waals surface area (Å²) in [7, 11) is -1.46. The highest BCUT2D eigenvalue weighted by atomic mass is 35.5. The van der Waals surface area contributed by atoms with Crippen molar-refractivity contribution in [2.75, 3.05) is 0 Å². The van der Waals surface area contributed by atoms with E-state index < -0.39 is 7.12 Å². The summed E-state index contributed by atoms with van der Waals surface area (Å²) in [6, 6.07) is 88.9. The Morgan fingerprint density at radius 2 is 0.564 bits per heavy atom. The summed E-state index contributed by atoms with van der Waals surface area (Å²) < 4.78 is 4.46. The number of aromatic nitrogens is 8. The van der Waals surface area contributed by atoms with Crippen molar-refractivity contribution in [1.29, 1.82) is 0 Å². The Hall–Kier alpha value is -9.91. The molecule has 0 spiro atoms. The molecule has 4 heterocycles. The normalized spacial score (nSPS) is 11.0. The minimum atomic E-state index is -1.46. The van der Waals surface area contributed by atoms with Gasteiger partial charge in [0.2, 0.25) is 5.28 Å². The maximum Gasteiger partial charge on any atom is 0.488 e. The highest BCUT2D eigenvalue weighted by molar-refractivity contribution is 6.58. The van der Waals surface area contributed by atoms with Gasteiger partial charge in [0, 0.05) is 60.7 Å². The van der Waals surface area contributed by atoms with Gasteiger partial charge in [-0.05, 0) is 65.6 Å². The molecular formula is C66H46BClN8O2. The van der Waals surface area contributed by atoms with Crippen LogP contribution in [0.4, 0.5) is 0 Å². The van der Waals surface area contributed by atoms with Crippen molar-refractivity contribution in [2.45, 2.75) is 0 Å². The van der Waals surface area contributed by atoms with E-state index in [0.717, 1.165) is 50.2 Å². The number of benzene rings is 10. The molecule has 78 heavy (non-hydrogen) atoms. The van der Waals surface area contributed by atoms with Crippen molar-refractivity contribution < 1.29 is 10.0 Å². The molecule has 14 aromatic rings. The lowest BCUT2D eigenvalue weighted by molar-refractivity contribution is 0.425. The van der Waals surface area contributed by atoms with Crippen LogP contribution in [0.1, 0.15) is 0 Å². The van der Waals surface area contributed by atoms with E-state index >= 15 is 0 Å². The average Bonchev–Trinajstić information content (AvgIpc) is 4.14. The van der Waals surface area contributed by atoms with Gasteiger partial charge in [0.1, 0.15) is 0 Å². The molecule has 10 aromatic carbocycles. The number of hydrogen-bond donors (Lipinski definition) is 2. The van der Waals surface area contributed by atoms with Gasteiger partial charge in [-0.15, -0.1) is 0 Å². The van der Waals surface area contributed by atoms with Gasteiger partial charge in [-0.3, -0.25) is 0 Å². The molecule has 0 aliphatic carbocycles. The molecule has 12 heteroatoms. The fourth-order valence-electron chi connectivity index (χ4n) is 9.73. The largest absolute Gasteiger partial charge is 0.488 e. The first-order valence-electron chi connectivity index (χ1n) is 25.4.